The van der Waals surface area contributed by atoms with Crippen LogP contribution in [-0.4, -0.2) is 53.7 Å². The molecule has 1 unspecified atom stereocenters. The van der Waals surface area contributed by atoms with E-state index in [1.54, 1.807) is 41.6 Å². The van der Waals surface area contributed by atoms with Gasteiger partial charge >= 0.3 is 0 Å². The van der Waals surface area contributed by atoms with Gasteiger partial charge in [-0.15, -0.1) is 0 Å². The fraction of sp³-hybridized carbons (Fsp3) is 0.382. The van der Waals surface area contributed by atoms with Crippen molar-refractivity contribution >= 4 is 21.8 Å². The molecule has 0 aliphatic carbocycles. The third kappa shape index (κ3) is 7.79. The number of aromatic nitrogens is 4. The minimum Gasteiger partial charge on any atom is -0.488 e. The summed E-state index contributed by atoms with van der Waals surface area (Å²) in [7, 11) is -3.67. The summed E-state index contributed by atoms with van der Waals surface area (Å²) in [5.41, 5.74) is 3.56. The Morgan fingerprint density at radius 3 is 2.39 bits per heavy atom. The van der Waals surface area contributed by atoms with Crippen molar-refractivity contribution in [1.29, 1.82) is 4.78 Å². The lowest BCUT2D eigenvalue weighted by Crippen LogP contribution is -2.45. The number of rotatable bonds is 6. The standard InChI is InChI=1S/C34H41N7O4S/c1-21(2)45-26-17-36-29(37-18-26)19-41-25(16-34(5,6)7)20-44-30-15-28(31-22(3)10-8-11-23(31)4)38-33(39-30)40-46(35,43)27-13-9-12-24(14-27)32(41)42/h8-15,17-18,21,25H,16,19-20H2,1-7H3,(H2,35,38,39,40,43)/t25-,46?/m1/s1. The van der Waals surface area contributed by atoms with Crippen LogP contribution in [0.15, 0.2) is 65.8 Å². The Morgan fingerprint density at radius 2 is 1.74 bits per heavy atom. The molecule has 1 aliphatic rings. The summed E-state index contributed by atoms with van der Waals surface area (Å²) >= 11 is 0. The lowest BCUT2D eigenvalue weighted by Gasteiger charge is -2.35. The van der Waals surface area contributed by atoms with Crippen LogP contribution >= 0.6 is 0 Å². The van der Waals surface area contributed by atoms with Crippen molar-refractivity contribution in [2.45, 2.75) is 78.5 Å². The normalized spacial score (nSPS) is 18.6. The molecule has 4 bridgehead atoms. The highest BCUT2D eigenvalue weighted by Crippen LogP contribution is 2.31. The molecule has 0 radical (unpaired) electrons. The van der Waals surface area contributed by atoms with Crippen molar-refractivity contribution in [1.82, 2.24) is 24.8 Å². The van der Waals surface area contributed by atoms with Gasteiger partial charge in [0.05, 0.1) is 41.7 Å². The Morgan fingerprint density at radius 1 is 1.07 bits per heavy atom. The van der Waals surface area contributed by atoms with Crippen LogP contribution in [0.2, 0.25) is 0 Å². The zero-order chi connectivity index (χ0) is 33.2. The summed E-state index contributed by atoms with van der Waals surface area (Å²) in [6.45, 7) is 14.3. The van der Waals surface area contributed by atoms with E-state index in [9.17, 15) is 9.00 Å². The molecule has 1 aliphatic heterocycles. The molecule has 12 heteroatoms. The summed E-state index contributed by atoms with van der Waals surface area (Å²) in [6, 6.07) is 13.6. The van der Waals surface area contributed by atoms with Crippen LogP contribution in [-0.2, 0) is 16.5 Å². The Labute approximate surface area is 270 Å². The second-order valence-corrected chi connectivity index (χ2v) is 14.8. The summed E-state index contributed by atoms with van der Waals surface area (Å²) in [5.74, 6) is 0.862. The predicted molar refractivity (Wildman–Crippen MR) is 177 cm³/mol. The first kappa shape index (κ1) is 32.8. The van der Waals surface area contributed by atoms with Gasteiger partial charge in [-0.3, -0.25) is 9.52 Å². The van der Waals surface area contributed by atoms with E-state index in [2.05, 4.69) is 45.4 Å². The van der Waals surface area contributed by atoms with Crippen LogP contribution in [0.3, 0.4) is 0 Å². The number of carbonyl (C=O) groups is 1. The first-order chi connectivity index (χ1) is 21.7. The minimum atomic E-state index is -3.67. The summed E-state index contributed by atoms with van der Waals surface area (Å²) in [4.78, 5) is 34.3. The number of benzene rings is 2. The van der Waals surface area contributed by atoms with Gasteiger partial charge in [0.2, 0.25) is 11.8 Å². The number of fused-ring (bicyclic) bond motifs is 4. The van der Waals surface area contributed by atoms with E-state index in [-0.39, 0.29) is 52.9 Å². The van der Waals surface area contributed by atoms with E-state index >= 15 is 0 Å². The Balaban J connectivity index is 1.64. The quantitative estimate of drug-likeness (QED) is 0.239. The maximum absolute atomic E-state index is 14.3. The van der Waals surface area contributed by atoms with E-state index in [4.69, 9.17) is 14.3 Å². The van der Waals surface area contributed by atoms with Crippen LogP contribution in [0.4, 0.5) is 5.95 Å². The Hall–Kier alpha value is -4.58. The highest BCUT2D eigenvalue weighted by Gasteiger charge is 2.32. The number of hydrogen-bond donors (Lipinski definition) is 2. The average Bonchev–Trinajstić information content (AvgIpc) is 2.97. The molecule has 4 aromatic rings. The number of ether oxygens (including phenoxy) is 2. The van der Waals surface area contributed by atoms with Gasteiger partial charge in [-0.1, -0.05) is 45.0 Å². The van der Waals surface area contributed by atoms with Crippen molar-refractivity contribution in [3.05, 3.63) is 83.4 Å². The number of amides is 1. The van der Waals surface area contributed by atoms with Gasteiger partial charge in [0.1, 0.15) is 12.4 Å². The van der Waals surface area contributed by atoms with Crippen molar-refractivity contribution < 1.29 is 18.5 Å². The van der Waals surface area contributed by atoms with Crippen LogP contribution in [0.5, 0.6) is 11.6 Å². The second-order valence-electron chi connectivity index (χ2n) is 13.0. The fourth-order valence-corrected chi connectivity index (χ4v) is 6.51. The molecule has 2 aromatic heterocycles. The molecule has 0 saturated carbocycles. The predicted octanol–water partition coefficient (Wildman–Crippen LogP) is 6.61. The van der Waals surface area contributed by atoms with Gasteiger partial charge in [0.15, 0.2) is 15.7 Å². The second kappa shape index (κ2) is 13.0. The molecule has 2 N–H and O–H groups in total. The van der Waals surface area contributed by atoms with E-state index in [0.29, 0.717) is 23.7 Å². The van der Waals surface area contributed by atoms with Gasteiger partial charge in [-0.2, -0.15) is 4.98 Å². The van der Waals surface area contributed by atoms with Gasteiger partial charge in [0.25, 0.3) is 5.91 Å². The maximum atomic E-state index is 14.3. The number of nitrogens with zero attached hydrogens (tertiary/aromatic N) is 5. The zero-order valence-electron chi connectivity index (χ0n) is 27.3. The van der Waals surface area contributed by atoms with E-state index < -0.39 is 16.0 Å². The SMILES string of the molecule is Cc1cccc(C)c1-c1cc2nc(n1)NS(=N)(=O)c1cccc(c1)C(=O)N(Cc1ncc(OC(C)C)cn1)[C@H](CC(C)(C)C)CO2. The number of anilines is 1. The van der Waals surface area contributed by atoms with E-state index in [0.717, 1.165) is 16.7 Å². The molecule has 3 heterocycles. The molecule has 46 heavy (non-hydrogen) atoms. The topological polar surface area (TPSA) is 143 Å². The highest BCUT2D eigenvalue weighted by atomic mass is 32.2. The molecule has 2 aromatic carbocycles. The molecule has 0 saturated heterocycles. The van der Waals surface area contributed by atoms with Gasteiger partial charge in [0, 0.05) is 17.2 Å². The molecule has 5 rings (SSSR count). The number of carbonyl (C=O) groups excluding carboxylic acids is 1. The third-order valence-corrected chi connectivity index (χ3v) is 8.81. The lowest BCUT2D eigenvalue weighted by atomic mass is 9.87. The molecule has 2 atom stereocenters. The van der Waals surface area contributed by atoms with Gasteiger partial charge < -0.3 is 14.4 Å². The third-order valence-electron chi connectivity index (χ3n) is 7.43. The number of aryl methyl sites for hydroxylation is 2. The largest absolute Gasteiger partial charge is 0.488 e. The summed E-state index contributed by atoms with van der Waals surface area (Å²) in [5, 5.41) is 0. The Bertz CT molecular complexity index is 1820. The van der Waals surface area contributed by atoms with Crippen molar-refractivity contribution in [3.63, 3.8) is 0 Å². The van der Waals surface area contributed by atoms with Crippen LogP contribution in [0, 0.1) is 24.0 Å². The average molecular weight is 644 g/mol. The number of hydrogen-bond acceptors (Lipinski definition) is 9. The lowest BCUT2D eigenvalue weighted by molar-refractivity contribution is 0.0505. The monoisotopic (exact) mass is 643 g/mol. The van der Waals surface area contributed by atoms with Crippen molar-refractivity contribution in [2.75, 3.05) is 11.3 Å². The Kier molecular flexibility index (Phi) is 9.29. The van der Waals surface area contributed by atoms with E-state index in [1.165, 1.54) is 6.07 Å². The molecule has 0 fully saturated rings. The van der Waals surface area contributed by atoms with Crippen molar-refractivity contribution in [2.24, 2.45) is 5.41 Å². The molecule has 11 nitrogen and oxygen atoms in total. The van der Waals surface area contributed by atoms with E-state index in [1.807, 2.05) is 45.9 Å². The summed E-state index contributed by atoms with van der Waals surface area (Å²) in [6.07, 6.45) is 3.75. The fourth-order valence-electron chi connectivity index (χ4n) is 5.48. The molecular formula is C34H41N7O4S. The van der Waals surface area contributed by atoms with Crippen LogP contribution in [0.25, 0.3) is 11.3 Å². The minimum absolute atomic E-state index is 0.00698. The van der Waals surface area contributed by atoms with Gasteiger partial charge in [-0.05, 0) is 68.9 Å². The first-order valence-electron chi connectivity index (χ1n) is 15.2. The molecule has 242 valence electrons. The van der Waals surface area contributed by atoms with Gasteiger partial charge in [-0.25, -0.2) is 23.9 Å². The maximum Gasteiger partial charge on any atom is 0.254 e. The van der Waals surface area contributed by atoms with Crippen molar-refractivity contribution in [3.8, 4) is 22.9 Å². The van der Waals surface area contributed by atoms with Crippen LogP contribution < -0.4 is 14.2 Å². The first-order valence-corrected chi connectivity index (χ1v) is 16.8. The molecular weight excluding hydrogens is 602 g/mol. The molecule has 0 spiro atoms. The molecule has 1 amide bonds. The number of nitrogens with one attached hydrogen (secondary N) is 2. The van der Waals surface area contributed by atoms with Crippen LogP contribution in [0.1, 0.15) is 68.3 Å². The highest BCUT2D eigenvalue weighted by molar-refractivity contribution is 7.93. The zero-order valence-corrected chi connectivity index (χ0v) is 28.1. The smallest absolute Gasteiger partial charge is 0.254 e. The summed E-state index contributed by atoms with van der Waals surface area (Å²) < 4.78 is 37.4.